The Morgan fingerprint density at radius 3 is 2.89 bits per heavy atom. The first-order valence-electron chi connectivity index (χ1n) is 9.27. The number of carbonyl (C=O) groups excluding carboxylic acids is 1. The molecular weight excluding hydrogens is 344 g/mol. The number of carbonyl (C=O) groups is 1. The summed E-state index contributed by atoms with van der Waals surface area (Å²) in [5.41, 5.74) is 4.12. The van der Waals surface area contributed by atoms with Gasteiger partial charge in [0.15, 0.2) is 6.61 Å². The van der Waals surface area contributed by atoms with Crippen molar-refractivity contribution in [3.05, 3.63) is 30.1 Å². The SMILES string of the molecule is CC1CCc2c(ccc(-c3cnn(CCO)c3)c2OCC(=O)N(C)C)N1C. The van der Waals surface area contributed by atoms with Crippen LogP contribution in [0, 0.1) is 0 Å². The number of nitrogens with zero attached hydrogens (tertiary/aromatic N) is 4. The minimum atomic E-state index is -0.0768. The molecule has 0 bridgehead atoms. The fourth-order valence-electron chi connectivity index (χ4n) is 3.36. The number of anilines is 1. The largest absolute Gasteiger partial charge is 0.483 e. The number of benzene rings is 1. The molecule has 27 heavy (non-hydrogen) atoms. The summed E-state index contributed by atoms with van der Waals surface area (Å²) < 4.78 is 7.77. The van der Waals surface area contributed by atoms with Crippen LogP contribution in [-0.4, -0.2) is 66.1 Å². The summed E-state index contributed by atoms with van der Waals surface area (Å²) in [5, 5.41) is 13.4. The second kappa shape index (κ2) is 8.00. The second-order valence-corrected chi connectivity index (χ2v) is 7.23. The first-order valence-corrected chi connectivity index (χ1v) is 9.27. The van der Waals surface area contributed by atoms with Crippen LogP contribution < -0.4 is 9.64 Å². The summed E-state index contributed by atoms with van der Waals surface area (Å²) in [4.78, 5) is 15.9. The van der Waals surface area contributed by atoms with Crippen LogP contribution in [0.5, 0.6) is 5.75 Å². The van der Waals surface area contributed by atoms with Gasteiger partial charge in [-0.3, -0.25) is 9.48 Å². The van der Waals surface area contributed by atoms with Gasteiger partial charge in [-0.05, 0) is 31.9 Å². The van der Waals surface area contributed by atoms with Crippen LogP contribution in [0.1, 0.15) is 18.9 Å². The molecule has 2 heterocycles. The van der Waals surface area contributed by atoms with Crippen molar-refractivity contribution in [2.45, 2.75) is 32.4 Å². The Hall–Kier alpha value is -2.54. The molecule has 1 unspecified atom stereocenters. The van der Waals surface area contributed by atoms with Crippen molar-refractivity contribution in [2.75, 3.05) is 39.3 Å². The third-order valence-electron chi connectivity index (χ3n) is 5.20. The lowest BCUT2D eigenvalue weighted by Gasteiger charge is -2.35. The highest BCUT2D eigenvalue weighted by atomic mass is 16.5. The number of fused-ring (bicyclic) bond motifs is 1. The van der Waals surface area contributed by atoms with E-state index in [1.807, 2.05) is 12.3 Å². The summed E-state index contributed by atoms with van der Waals surface area (Å²) in [6, 6.07) is 4.61. The summed E-state index contributed by atoms with van der Waals surface area (Å²) >= 11 is 0. The molecule has 0 fully saturated rings. The number of aromatic nitrogens is 2. The van der Waals surface area contributed by atoms with Crippen molar-refractivity contribution in [2.24, 2.45) is 0 Å². The summed E-state index contributed by atoms with van der Waals surface area (Å²) in [5.74, 6) is 0.678. The van der Waals surface area contributed by atoms with Gasteiger partial charge in [-0.2, -0.15) is 5.10 Å². The Morgan fingerprint density at radius 1 is 1.41 bits per heavy atom. The van der Waals surface area contributed by atoms with E-state index in [9.17, 15) is 4.79 Å². The molecule has 1 amide bonds. The lowest BCUT2D eigenvalue weighted by atomic mass is 9.93. The van der Waals surface area contributed by atoms with Crippen LogP contribution in [0.2, 0.25) is 0 Å². The predicted octanol–water partition coefficient (Wildman–Crippen LogP) is 1.78. The molecule has 146 valence electrons. The van der Waals surface area contributed by atoms with Gasteiger partial charge in [-0.25, -0.2) is 0 Å². The molecule has 1 aliphatic heterocycles. The topological polar surface area (TPSA) is 70.8 Å². The van der Waals surface area contributed by atoms with Crippen molar-refractivity contribution >= 4 is 11.6 Å². The fraction of sp³-hybridized carbons (Fsp3) is 0.500. The lowest BCUT2D eigenvalue weighted by molar-refractivity contribution is -0.130. The molecule has 3 rings (SSSR count). The molecule has 1 N–H and O–H groups in total. The Labute approximate surface area is 160 Å². The minimum Gasteiger partial charge on any atom is -0.483 e. The van der Waals surface area contributed by atoms with Gasteiger partial charge in [0.05, 0.1) is 19.3 Å². The normalized spacial score (nSPS) is 16.2. The molecule has 7 nitrogen and oxygen atoms in total. The van der Waals surface area contributed by atoms with Gasteiger partial charge in [0.1, 0.15) is 5.75 Å². The smallest absolute Gasteiger partial charge is 0.259 e. The quantitative estimate of drug-likeness (QED) is 0.837. The van der Waals surface area contributed by atoms with Crippen LogP contribution in [0.25, 0.3) is 11.1 Å². The monoisotopic (exact) mass is 372 g/mol. The standard InChI is InChI=1S/C20H28N4O3/c1-14-5-6-17-18(23(14)4)8-7-16(15-11-21-24(12-15)9-10-25)20(17)27-13-19(26)22(2)3/h7-8,11-12,14,25H,5-6,9-10,13H2,1-4H3. The zero-order valence-electron chi connectivity index (χ0n) is 16.5. The predicted molar refractivity (Wildman–Crippen MR) is 105 cm³/mol. The van der Waals surface area contributed by atoms with E-state index in [-0.39, 0.29) is 19.1 Å². The number of hydrogen-bond acceptors (Lipinski definition) is 5. The lowest BCUT2D eigenvalue weighted by Crippen LogP contribution is -2.34. The average molecular weight is 372 g/mol. The zero-order valence-corrected chi connectivity index (χ0v) is 16.5. The van der Waals surface area contributed by atoms with Gasteiger partial charge in [0, 0.05) is 55.8 Å². The van der Waals surface area contributed by atoms with Gasteiger partial charge >= 0.3 is 0 Å². The van der Waals surface area contributed by atoms with Gasteiger partial charge < -0.3 is 19.6 Å². The van der Waals surface area contributed by atoms with Crippen molar-refractivity contribution in [1.29, 1.82) is 0 Å². The summed E-state index contributed by atoms with van der Waals surface area (Å²) in [6.45, 7) is 2.70. The Balaban J connectivity index is 2.02. The maximum atomic E-state index is 12.1. The number of ether oxygens (including phenoxy) is 1. The van der Waals surface area contributed by atoms with Crippen LogP contribution in [0.15, 0.2) is 24.5 Å². The molecule has 7 heteroatoms. The Bertz CT molecular complexity index is 816. The summed E-state index contributed by atoms with van der Waals surface area (Å²) in [7, 11) is 5.54. The maximum Gasteiger partial charge on any atom is 0.259 e. The molecule has 1 aliphatic rings. The highest BCUT2D eigenvalue weighted by Gasteiger charge is 2.26. The van der Waals surface area contributed by atoms with Crippen molar-refractivity contribution < 1.29 is 14.6 Å². The Morgan fingerprint density at radius 2 is 2.19 bits per heavy atom. The Kier molecular flexibility index (Phi) is 5.70. The summed E-state index contributed by atoms with van der Waals surface area (Å²) in [6.07, 6.45) is 5.61. The number of rotatable bonds is 6. The number of aliphatic hydroxyl groups excluding tert-OH is 1. The number of likely N-dealkylation sites (N-methyl/N-ethyl adjacent to an activating group) is 1. The van der Waals surface area contributed by atoms with Crippen LogP contribution in [0.3, 0.4) is 0 Å². The third-order valence-corrected chi connectivity index (χ3v) is 5.20. The van der Waals surface area contributed by atoms with Crippen LogP contribution in [-0.2, 0) is 17.8 Å². The second-order valence-electron chi connectivity index (χ2n) is 7.23. The van der Waals surface area contributed by atoms with Crippen LogP contribution in [0.4, 0.5) is 5.69 Å². The molecule has 1 aromatic carbocycles. The molecule has 0 spiro atoms. The van der Waals surface area contributed by atoms with Gasteiger partial charge in [0.2, 0.25) is 0 Å². The van der Waals surface area contributed by atoms with Crippen molar-refractivity contribution in [1.82, 2.24) is 14.7 Å². The minimum absolute atomic E-state index is 0.000494. The van der Waals surface area contributed by atoms with Gasteiger partial charge in [-0.1, -0.05) is 0 Å². The third kappa shape index (κ3) is 3.93. The zero-order chi connectivity index (χ0) is 19.6. The van der Waals surface area contributed by atoms with E-state index in [0.717, 1.165) is 41.0 Å². The highest BCUT2D eigenvalue weighted by molar-refractivity contribution is 5.80. The maximum absolute atomic E-state index is 12.1. The molecule has 0 saturated heterocycles. The van der Waals surface area contributed by atoms with Gasteiger partial charge in [0.25, 0.3) is 5.91 Å². The average Bonchev–Trinajstić information content (AvgIpc) is 3.11. The van der Waals surface area contributed by atoms with Crippen LogP contribution >= 0.6 is 0 Å². The molecular formula is C20H28N4O3. The van der Waals surface area contributed by atoms with Gasteiger partial charge in [-0.15, -0.1) is 0 Å². The van der Waals surface area contributed by atoms with Crippen molar-refractivity contribution in [3.8, 4) is 16.9 Å². The molecule has 0 saturated carbocycles. The fourth-order valence-corrected chi connectivity index (χ4v) is 3.36. The number of hydrogen-bond donors (Lipinski definition) is 1. The van der Waals surface area contributed by atoms with E-state index in [0.29, 0.717) is 12.6 Å². The highest BCUT2D eigenvalue weighted by Crippen LogP contribution is 2.42. The van der Waals surface area contributed by atoms with E-state index in [2.05, 4.69) is 30.0 Å². The van der Waals surface area contributed by atoms with Crippen molar-refractivity contribution in [3.63, 3.8) is 0 Å². The number of amides is 1. The number of aliphatic hydroxyl groups is 1. The van der Waals surface area contributed by atoms with E-state index in [1.54, 1.807) is 25.0 Å². The molecule has 1 aromatic heterocycles. The van der Waals surface area contributed by atoms with E-state index in [1.165, 1.54) is 4.90 Å². The molecule has 2 aromatic rings. The van der Waals surface area contributed by atoms with E-state index >= 15 is 0 Å². The molecule has 1 atom stereocenters. The van der Waals surface area contributed by atoms with E-state index < -0.39 is 0 Å². The molecule has 0 aliphatic carbocycles. The first kappa shape index (κ1) is 19.2. The first-order chi connectivity index (χ1) is 12.9. The van der Waals surface area contributed by atoms with E-state index in [4.69, 9.17) is 9.84 Å². The molecule has 0 radical (unpaired) electrons.